The van der Waals surface area contributed by atoms with Gasteiger partial charge in [0.1, 0.15) is 12.1 Å². The van der Waals surface area contributed by atoms with E-state index in [1.54, 1.807) is 6.07 Å². The highest BCUT2D eigenvalue weighted by Gasteiger charge is 2.52. The monoisotopic (exact) mass is 411 g/mol. The van der Waals surface area contributed by atoms with Gasteiger partial charge in [-0.1, -0.05) is 54.1 Å². The summed E-state index contributed by atoms with van der Waals surface area (Å²) in [4.78, 5) is 39.1. The molecule has 7 heteroatoms. The maximum absolute atomic E-state index is 13.1. The van der Waals surface area contributed by atoms with Crippen molar-refractivity contribution in [2.75, 3.05) is 6.54 Å². The first kappa shape index (κ1) is 19.5. The normalized spacial score (nSPS) is 21.7. The number of hydrogen-bond donors (Lipinski definition) is 2. The topological polar surface area (TPSA) is 78.5 Å². The number of benzene rings is 2. The molecule has 150 valence electrons. The molecule has 2 aromatic carbocycles. The molecule has 2 unspecified atom stereocenters. The van der Waals surface area contributed by atoms with Crippen LogP contribution in [0.3, 0.4) is 0 Å². The Bertz CT molecular complexity index is 993. The van der Waals surface area contributed by atoms with Gasteiger partial charge in [0.05, 0.1) is 6.04 Å². The van der Waals surface area contributed by atoms with Crippen molar-refractivity contribution in [3.8, 4) is 0 Å². The standard InChI is InChI=1S/C22H22ClN3O3/c1-14(17-8-4-5-9-18(17)23)24-19(27)13-26-20(28)22(25-21(26)29)11-10-15-6-2-3-7-16(15)12-22/h2-9,14H,10-13H2,1H3,(H,24,27)(H,25,29). The van der Waals surface area contributed by atoms with Crippen molar-refractivity contribution < 1.29 is 14.4 Å². The van der Waals surface area contributed by atoms with Crippen LogP contribution >= 0.6 is 11.6 Å². The molecule has 1 fully saturated rings. The van der Waals surface area contributed by atoms with E-state index in [4.69, 9.17) is 11.6 Å². The SMILES string of the molecule is CC(NC(=O)CN1C(=O)NC2(CCc3ccccc3C2)C1=O)c1ccccc1Cl. The molecule has 2 N–H and O–H groups in total. The molecule has 4 rings (SSSR count). The highest BCUT2D eigenvalue weighted by atomic mass is 35.5. The van der Waals surface area contributed by atoms with E-state index in [9.17, 15) is 14.4 Å². The molecule has 6 nitrogen and oxygen atoms in total. The highest BCUT2D eigenvalue weighted by Crippen LogP contribution is 2.33. The maximum Gasteiger partial charge on any atom is 0.325 e. The van der Waals surface area contributed by atoms with E-state index in [0.29, 0.717) is 24.3 Å². The summed E-state index contributed by atoms with van der Waals surface area (Å²) in [6.07, 6.45) is 1.69. The van der Waals surface area contributed by atoms with Gasteiger partial charge in [0.2, 0.25) is 5.91 Å². The molecule has 0 saturated carbocycles. The summed E-state index contributed by atoms with van der Waals surface area (Å²) in [5.74, 6) is -0.744. The number of hydrogen-bond acceptors (Lipinski definition) is 3. The molecule has 1 aliphatic carbocycles. The Morgan fingerprint density at radius 1 is 1.17 bits per heavy atom. The second kappa shape index (κ2) is 7.52. The third kappa shape index (κ3) is 3.60. The van der Waals surface area contributed by atoms with Gasteiger partial charge in [-0.3, -0.25) is 14.5 Å². The zero-order valence-electron chi connectivity index (χ0n) is 16.1. The Morgan fingerprint density at radius 3 is 2.62 bits per heavy atom. The first-order valence-corrected chi connectivity index (χ1v) is 10.0. The summed E-state index contributed by atoms with van der Waals surface area (Å²) in [7, 11) is 0. The lowest BCUT2D eigenvalue weighted by Crippen LogP contribution is -2.51. The lowest BCUT2D eigenvalue weighted by Gasteiger charge is -2.32. The highest BCUT2D eigenvalue weighted by molar-refractivity contribution is 6.31. The minimum Gasteiger partial charge on any atom is -0.348 e. The van der Waals surface area contributed by atoms with Crippen molar-refractivity contribution in [3.05, 3.63) is 70.2 Å². The molecule has 2 aliphatic rings. The number of nitrogens with zero attached hydrogens (tertiary/aromatic N) is 1. The van der Waals surface area contributed by atoms with Crippen LogP contribution in [0.2, 0.25) is 5.02 Å². The predicted molar refractivity (Wildman–Crippen MR) is 109 cm³/mol. The summed E-state index contributed by atoms with van der Waals surface area (Å²) < 4.78 is 0. The van der Waals surface area contributed by atoms with E-state index in [-0.39, 0.29) is 18.5 Å². The summed E-state index contributed by atoms with van der Waals surface area (Å²) in [6.45, 7) is 1.49. The molecule has 1 heterocycles. The first-order valence-electron chi connectivity index (χ1n) is 9.64. The minimum atomic E-state index is -0.958. The first-order chi connectivity index (χ1) is 13.9. The number of aryl methyl sites for hydroxylation is 1. The molecule has 2 atom stereocenters. The summed E-state index contributed by atoms with van der Waals surface area (Å²) in [5, 5.41) is 6.21. The molecule has 1 aliphatic heterocycles. The van der Waals surface area contributed by atoms with E-state index in [0.717, 1.165) is 16.0 Å². The van der Waals surface area contributed by atoms with Crippen molar-refractivity contribution in [2.24, 2.45) is 0 Å². The van der Waals surface area contributed by atoms with Gasteiger partial charge in [-0.15, -0.1) is 0 Å². The van der Waals surface area contributed by atoms with Gasteiger partial charge in [-0.25, -0.2) is 4.79 Å². The Kier molecular flexibility index (Phi) is 5.04. The van der Waals surface area contributed by atoms with E-state index in [2.05, 4.69) is 10.6 Å². The van der Waals surface area contributed by atoms with Crippen molar-refractivity contribution in [2.45, 2.75) is 37.8 Å². The molecule has 1 saturated heterocycles. The third-order valence-corrected chi connectivity index (χ3v) is 6.07. The van der Waals surface area contributed by atoms with E-state index >= 15 is 0 Å². The van der Waals surface area contributed by atoms with E-state index in [1.807, 2.05) is 49.4 Å². The van der Waals surface area contributed by atoms with Crippen LogP contribution in [0.5, 0.6) is 0 Å². The smallest absolute Gasteiger partial charge is 0.325 e. The van der Waals surface area contributed by atoms with Crippen molar-refractivity contribution in [3.63, 3.8) is 0 Å². The fourth-order valence-electron chi connectivity index (χ4n) is 4.18. The number of nitrogens with one attached hydrogen (secondary N) is 2. The Hall–Kier alpha value is -2.86. The Morgan fingerprint density at radius 2 is 1.86 bits per heavy atom. The molecule has 2 aromatic rings. The number of urea groups is 1. The molecule has 29 heavy (non-hydrogen) atoms. The minimum absolute atomic E-state index is 0.317. The average Bonchev–Trinajstić information content (AvgIpc) is 2.92. The molecular formula is C22H22ClN3O3. The van der Waals surface area contributed by atoms with E-state index in [1.165, 1.54) is 5.56 Å². The van der Waals surface area contributed by atoms with Crippen LogP contribution in [0.15, 0.2) is 48.5 Å². The van der Waals surface area contributed by atoms with Crippen molar-refractivity contribution >= 4 is 29.4 Å². The second-order valence-electron chi connectivity index (χ2n) is 7.66. The molecule has 0 radical (unpaired) electrons. The molecule has 4 amide bonds. The predicted octanol–water partition coefficient (Wildman–Crippen LogP) is 3.00. The number of amides is 4. The van der Waals surface area contributed by atoms with Gasteiger partial charge >= 0.3 is 6.03 Å². The quantitative estimate of drug-likeness (QED) is 0.759. The van der Waals surface area contributed by atoms with Crippen LogP contribution in [0, 0.1) is 0 Å². The number of carbonyl (C=O) groups is 3. The van der Waals surface area contributed by atoms with Gasteiger partial charge in [0, 0.05) is 11.4 Å². The lowest BCUT2D eigenvalue weighted by molar-refractivity contribution is -0.135. The fourth-order valence-corrected chi connectivity index (χ4v) is 4.48. The van der Waals surface area contributed by atoms with Gasteiger partial charge < -0.3 is 10.6 Å². The van der Waals surface area contributed by atoms with Crippen molar-refractivity contribution in [1.82, 2.24) is 15.5 Å². The van der Waals surface area contributed by atoms with Crippen LogP contribution in [-0.4, -0.2) is 34.8 Å². The van der Waals surface area contributed by atoms with Crippen molar-refractivity contribution in [1.29, 1.82) is 0 Å². The number of imide groups is 1. The van der Waals surface area contributed by atoms with Gasteiger partial charge in [-0.2, -0.15) is 0 Å². The van der Waals surface area contributed by atoms with Crippen LogP contribution in [-0.2, 0) is 22.4 Å². The van der Waals surface area contributed by atoms with Crippen LogP contribution in [0.25, 0.3) is 0 Å². The summed E-state index contributed by atoms with van der Waals surface area (Å²) >= 11 is 6.18. The molecular weight excluding hydrogens is 390 g/mol. The van der Waals surface area contributed by atoms with Gasteiger partial charge in [0.15, 0.2) is 0 Å². The van der Waals surface area contributed by atoms with E-state index < -0.39 is 17.5 Å². The van der Waals surface area contributed by atoms with Gasteiger partial charge in [0.25, 0.3) is 5.91 Å². The fraction of sp³-hybridized carbons (Fsp3) is 0.318. The number of halogens is 1. The van der Waals surface area contributed by atoms with Crippen LogP contribution in [0.1, 0.15) is 36.1 Å². The number of rotatable bonds is 4. The third-order valence-electron chi connectivity index (χ3n) is 5.73. The zero-order chi connectivity index (χ0) is 20.6. The number of carbonyl (C=O) groups excluding carboxylic acids is 3. The maximum atomic E-state index is 13.1. The summed E-state index contributed by atoms with van der Waals surface area (Å²) in [6, 6.07) is 14.3. The molecule has 0 aromatic heterocycles. The average molecular weight is 412 g/mol. The van der Waals surface area contributed by atoms with Gasteiger partial charge in [-0.05, 0) is 42.5 Å². The zero-order valence-corrected chi connectivity index (χ0v) is 16.8. The Labute approximate surface area is 174 Å². The number of fused-ring (bicyclic) bond motifs is 1. The molecule has 1 spiro atoms. The summed E-state index contributed by atoms with van der Waals surface area (Å²) in [5.41, 5.74) is 2.08. The van der Waals surface area contributed by atoms with Crippen LogP contribution in [0.4, 0.5) is 4.79 Å². The Balaban J connectivity index is 1.45. The van der Waals surface area contributed by atoms with Crippen LogP contribution < -0.4 is 10.6 Å². The molecule has 0 bridgehead atoms. The lowest BCUT2D eigenvalue weighted by atomic mass is 9.78. The second-order valence-corrected chi connectivity index (χ2v) is 8.07. The largest absolute Gasteiger partial charge is 0.348 e.